The van der Waals surface area contributed by atoms with Gasteiger partial charge in [0.15, 0.2) is 0 Å². The summed E-state index contributed by atoms with van der Waals surface area (Å²) in [5.74, 6) is 0. The van der Waals surface area contributed by atoms with E-state index in [0.717, 1.165) is 5.56 Å². The van der Waals surface area contributed by atoms with E-state index in [0.29, 0.717) is 31.0 Å². The second-order valence-electron chi connectivity index (χ2n) is 5.95. The third kappa shape index (κ3) is 4.66. The molecule has 0 spiro atoms. The molecule has 3 aromatic rings. The Labute approximate surface area is 165 Å². The summed E-state index contributed by atoms with van der Waals surface area (Å²) in [6.07, 6.45) is 1.50. The molecule has 0 saturated heterocycles. The summed E-state index contributed by atoms with van der Waals surface area (Å²) in [5, 5.41) is 21.2. The van der Waals surface area contributed by atoms with Crippen molar-refractivity contribution in [2.24, 2.45) is 0 Å². The van der Waals surface area contributed by atoms with Crippen LogP contribution < -0.4 is 16.2 Å². The highest BCUT2D eigenvalue weighted by molar-refractivity contribution is 6.32. The molecule has 0 atom stereocenters. The molecule has 2 N–H and O–H groups in total. The maximum Gasteiger partial charge on any atom is 0.292 e. The molecule has 0 amide bonds. The van der Waals surface area contributed by atoms with Gasteiger partial charge in [-0.1, -0.05) is 54.1 Å². The summed E-state index contributed by atoms with van der Waals surface area (Å²) in [4.78, 5) is 23.0. The molecular formula is C19H18ClN5O3. The fraction of sp³-hybridized carbons (Fsp3) is 0.158. The van der Waals surface area contributed by atoms with Crippen LogP contribution in [0.4, 0.5) is 17.1 Å². The molecule has 9 heteroatoms. The van der Waals surface area contributed by atoms with E-state index in [-0.39, 0.29) is 16.3 Å². The van der Waals surface area contributed by atoms with Crippen molar-refractivity contribution >= 4 is 28.7 Å². The Morgan fingerprint density at radius 1 is 1.00 bits per heavy atom. The van der Waals surface area contributed by atoms with Crippen molar-refractivity contribution in [3.8, 4) is 0 Å². The first-order valence-electron chi connectivity index (χ1n) is 8.57. The number of nitro groups is 1. The topological polar surface area (TPSA) is 102 Å². The van der Waals surface area contributed by atoms with Crippen LogP contribution in [0.25, 0.3) is 0 Å². The van der Waals surface area contributed by atoms with Crippen molar-refractivity contribution in [2.75, 3.05) is 23.7 Å². The first kappa shape index (κ1) is 19.4. The second-order valence-corrected chi connectivity index (χ2v) is 6.33. The Morgan fingerprint density at radius 2 is 1.64 bits per heavy atom. The van der Waals surface area contributed by atoms with E-state index in [4.69, 9.17) is 11.6 Å². The minimum Gasteiger partial charge on any atom is -0.381 e. The molecule has 8 nitrogen and oxygen atoms in total. The Bertz CT molecular complexity index is 1020. The van der Waals surface area contributed by atoms with E-state index in [1.165, 1.54) is 16.9 Å². The van der Waals surface area contributed by atoms with Crippen LogP contribution in [0.2, 0.25) is 5.02 Å². The minimum absolute atomic E-state index is 0.00529. The van der Waals surface area contributed by atoms with Gasteiger partial charge >= 0.3 is 0 Å². The Balaban J connectivity index is 1.60. The molecule has 0 unspecified atom stereocenters. The maximum absolute atomic E-state index is 12.4. The Hall–Kier alpha value is -3.39. The number of nitro benzene ring substituents is 1. The van der Waals surface area contributed by atoms with Gasteiger partial charge in [-0.15, -0.1) is 0 Å². The van der Waals surface area contributed by atoms with Crippen LogP contribution in [0.1, 0.15) is 5.56 Å². The van der Waals surface area contributed by atoms with E-state index < -0.39 is 4.92 Å². The van der Waals surface area contributed by atoms with Gasteiger partial charge in [-0.05, 0) is 11.6 Å². The highest BCUT2D eigenvalue weighted by Crippen LogP contribution is 2.22. The van der Waals surface area contributed by atoms with Gasteiger partial charge < -0.3 is 10.6 Å². The molecule has 1 heterocycles. The van der Waals surface area contributed by atoms with Crippen LogP contribution in [-0.2, 0) is 6.54 Å². The maximum atomic E-state index is 12.4. The predicted molar refractivity (Wildman–Crippen MR) is 109 cm³/mol. The number of anilines is 2. The number of aromatic nitrogens is 2. The number of benzene rings is 2. The van der Waals surface area contributed by atoms with Crippen molar-refractivity contribution in [2.45, 2.75) is 6.54 Å². The van der Waals surface area contributed by atoms with E-state index >= 15 is 0 Å². The molecule has 0 aliphatic rings. The van der Waals surface area contributed by atoms with E-state index in [2.05, 4.69) is 15.7 Å². The number of hydrogen-bond acceptors (Lipinski definition) is 6. The van der Waals surface area contributed by atoms with Crippen LogP contribution in [0.15, 0.2) is 65.6 Å². The number of para-hydroxylation sites is 2. The molecule has 0 saturated carbocycles. The largest absolute Gasteiger partial charge is 0.381 e. The molecule has 0 aliphatic carbocycles. The van der Waals surface area contributed by atoms with Crippen LogP contribution in [0.5, 0.6) is 0 Å². The molecule has 3 rings (SSSR count). The molecular weight excluding hydrogens is 382 g/mol. The lowest BCUT2D eigenvalue weighted by Gasteiger charge is -2.11. The summed E-state index contributed by atoms with van der Waals surface area (Å²) in [7, 11) is 0. The summed E-state index contributed by atoms with van der Waals surface area (Å²) in [5.41, 5.74) is 1.41. The summed E-state index contributed by atoms with van der Waals surface area (Å²) < 4.78 is 1.30. The van der Waals surface area contributed by atoms with Gasteiger partial charge in [-0.3, -0.25) is 14.9 Å². The molecule has 0 radical (unpaired) electrons. The fourth-order valence-corrected chi connectivity index (χ4v) is 2.85. The van der Waals surface area contributed by atoms with Crippen LogP contribution in [-0.4, -0.2) is 27.8 Å². The minimum atomic E-state index is -0.442. The van der Waals surface area contributed by atoms with Crippen LogP contribution in [0, 0.1) is 10.1 Å². The van der Waals surface area contributed by atoms with Gasteiger partial charge in [0.05, 0.1) is 23.4 Å². The fourth-order valence-electron chi connectivity index (χ4n) is 2.63. The number of rotatable bonds is 8. The zero-order valence-electron chi connectivity index (χ0n) is 14.8. The van der Waals surface area contributed by atoms with Crippen molar-refractivity contribution in [3.05, 3.63) is 91.8 Å². The normalized spacial score (nSPS) is 10.5. The smallest absolute Gasteiger partial charge is 0.292 e. The van der Waals surface area contributed by atoms with Gasteiger partial charge in [0.1, 0.15) is 10.7 Å². The van der Waals surface area contributed by atoms with Gasteiger partial charge in [-0.25, -0.2) is 4.68 Å². The molecule has 0 bridgehead atoms. The molecule has 0 fully saturated rings. The predicted octanol–water partition coefficient (Wildman–Crippen LogP) is 3.38. The standard InChI is InChI=1S/C19H18ClN5O3/c20-18-16(12-23-24(19(18)26)13-14-6-2-1-3-7-14)22-11-10-21-15-8-4-5-9-17(15)25(27)28/h1-9,12,21-22H,10-11,13H2. The highest BCUT2D eigenvalue weighted by atomic mass is 35.5. The summed E-state index contributed by atoms with van der Waals surface area (Å²) >= 11 is 6.18. The first-order valence-corrected chi connectivity index (χ1v) is 8.95. The third-order valence-electron chi connectivity index (χ3n) is 4.02. The average Bonchev–Trinajstić information content (AvgIpc) is 2.71. The zero-order valence-corrected chi connectivity index (χ0v) is 15.6. The second kappa shape index (κ2) is 9.01. The van der Waals surface area contributed by atoms with Gasteiger partial charge in [-0.2, -0.15) is 5.10 Å². The highest BCUT2D eigenvalue weighted by Gasteiger charge is 2.12. The molecule has 1 aromatic heterocycles. The molecule has 144 valence electrons. The van der Waals surface area contributed by atoms with Gasteiger partial charge in [0.25, 0.3) is 11.2 Å². The quantitative estimate of drug-likeness (QED) is 0.342. The van der Waals surface area contributed by atoms with Crippen molar-refractivity contribution in [1.29, 1.82) is 0 Å². The van der Waals surface area contributed by atoms with E-state index in [9.17, 15) is 14.9 Å². The summed E-state index contributed by atoms with van der Waals surface area (Å²) in [6, 6.07) is 15.9. The third-order valence-corrected chi connectivity index (χ3v) is 4.38. The lowest BCUT2D eigenvalue weighted by atomic mass is 10.2. The Morgan fingerprint density at radius 3 is 2.36 bits per heavy atom. The summed E-state index contributed by atoms with van der Waals surface area (Å²) in [6.45, 7) is 1.13. The number of nitrogens with one attached hydrogen (secondary N) is 2. The molecule has 28 heavy (non-hydrogen) atoms. The Kier molecular flexibility index (Phi) is 6.23. The van der Waals surface area contributed by atoms with Crippen molar-refractivity contribution < 1.29 is 4.92 Å². The lowest BCUT2D eigenvalue weighted by molar-refractivity contribution is -0.384. The average molecular weight is 400 g/mol. The SMILES string of the molecule is O=c1c(Cl)c(NCCNc2ccccc2[N+](=O)[O-])cnn1Cc1ccccc1. The monoisotopic (exact) mass is 399 g/mol. The number of hydrogen-bond donors (Lipinski definition) is 2. The van der Waals surface area contributed by atoms with Gasteiger partial charge in [0.2, 0.25) is 0 Å². The first-order chi connectivity index (χ1) is 13.6. The number of nitrogens with zero attached hydrogens (tertiary/aromatic N) is 3. The molecule has 0 aliphatic heterocycles. The van der Waals surface area contributed by atoms with Crippen LogP contribution >= 0.6 is 11.6 Å². The molecule has 2 aromatic carbocycles. The zero-order chi connectivity index (χ0) is 19.9. The van der Waals surface area contributed by atoms with Gasteiger partial charge in [0, 0.05) is 19.2 Å². The van der Waals surface area contributed by atoms with Crippen molar-refractivity contribution in [3.63, 3.8) is 0 Å². The number of halogens is 1. The lowest BCUT2D eigenvalue weighted by Crippen LogP contribution is -2.25. The van der Waals surface area contributed by atoms with E-state index in [1.54, 1.807) is 18.2 Å². The van der Waals surface area contributed by atoms with Crippen LogP contribution in [0.3, 0.4) is 0 Å². The van der Waals surface area contributed by atoms with E-state index in [1.807, 2.05) is 30.3 Å². The van der Waals surface area contributed by atoms with Crippen molar-refractivity contribution in [1.82, 2.24) is 9.78 Å².